The Kier molecular flexibility index (Phi) is 4.76. The molecule has 0 saturated carbocycles. The Morgan fingerprint density at radius 2 is 1.20 bits per heavy atom. The molecule has 3 unspecified atom stereocenters. The maximum Gasteiger partial charge on any atom is 0.334 e. The minimum atomic E-state index is -1.17. The molecule has 2 aromatic heterocycles. The molecule has 1 spiro atoms. The van der Waals surface area contributed by atoms with Gasteiger partial charge in [-0.05, 0) is 36.8 Å². The van der Waals surface area contributed by atoms with Crippen LogP contribution in [0.5, 0.6) is 23.5 Å². The third kappa shape index (κ3) is 2.69. The normalized spacial score (nSPS) is 22.2. The summed E-state index contributed by atoms with van der Waals surface area (Å²) in [5.41, 5.74) is 1.07. The molecular weight excluding hydrogens is 568 g/mol. The highest BCUT2D eigenvalue weighted by molar-refractivity contribution is 6.01. The lowest BCUT2D eigenvalue weighted by atomic mass is 9.41. The molecule has 0 amide bonds. The van der Waals surface area contributed by atoms with Crippen molar-refractivity contribution >= 4 is 27.5 Å². The van der Waals surface area contributed by atoms with Gasteiger partial charge in [-0.2, -0.15) is 0 Å². The first-order valence-corrected chi connectivity index (χ1v) is 15.0. The van der Waals surface area contributed by atoms with E-state index >= 15 is 0 Å². The molecule has 3 aliphatic rings. The number of aromatic nitrogens is 2. The summed E-state index contributed by atoms with van der Waals surface area (Å²) >= 11 is 0. The van der Waals surface area contributed by atoms with Crippen molar-refractivity contribution in [2.45, 2.75) is 30.6 Å². The summed E-state index contributed by atoms with van der Waals surface area (Å²) in [5.74, 6) is -1.85. The molecule has 0 radical (unpaired) electrons. The van der Waals surface area contributed by atoms with Crippen LogP contribution in [0.3, 0.4) is 0 Å². The van der Waals surface area contributed by atoms with Gasteiger partial charge in [0.1, 0.15) is 0 Å². The topological polar surface area (TPSA) is 117 Å². The lowest BCUT2D eigenvalue weighted by Gasteiger charge is -2.58. The van der Waals surface area contributed by atoms with Crippen molar-refractivity contribution in [3.63, 3.8) is 0 Å². The molecule has 0 fully saturated rings. The quantitative estimate of drug-likeness (QED) is 0.171. The van der Waals surface area contributed by atoms with E-state index in [1.165, 1.54) is 9.13 Å². The molecule has 9 rings (SSSR count). The highest BCUT2D eigenvalue weighted by atomic mass is 16.5. The molecule has 3 aliphatic carbocycles. The predicted molar refractivity (Wildman–Crippen MR) is 169 cm³/mol. The Morgan fingerprint density at radius 1 is 0.711 bits per heavy atom. The summed E-state index contributed by atoms with van der Waals surface area (Å²) in [6.07, 6.45) is 1.78. The van der Waals surface area contributed by atoms with Crippen molar-refractivity contribution in [2.24, 2.45) is 0 Å². The lowest BCUT2D eigenvalue weighted by molar-refractivity contribution is -0.140. The first-order chi connectivity index (χ1) is 21.8. The Labute approximate surface area is 257 Å². The zero-order valence-electron chi connectivity index (χ0n) is 24.4. The average Bonchev–Trinajstić information content (AvgIpc) is 3.46. The van der Waals surface area contributed by atoms with Crippen molar-refractivity contribution in [1.29, 1.82) is 0 Å². The molecule has 0 bridgehead atoms. The second kappa shape index (κ2) is 8.30. The molecule has 222 valence electrons. The first kappa shape index (κ1) is 25.8. The predicted octanol–water partition coefficient (Wildman–Crippen LogP) is 6.55. The van der Waals surface area contributed by atoms with Gasteiger partial charge in [0.25, 0.3) is 0 Å². The van der Waals surface area contributed by atoms with Gasteiger partial charge in [0, 0.05) is 55.3 Å². The van der Waals surface area contributed by atoms with E-state index in [1.54, 1.807) is 13.0 Å². The van der Waals surface area contributed by atoms with E-state index in [9.17, 15) is 25.2 Å². The van der Waals surface area contributed by atoms with Crippen LogP contribution in [-0.4, -0.2) is 42.1 Å². The van der Waals surface area contributed by atoms with E-state index in [0.29, 0.717) is 39.2 Å². The van der Waals surface area contributed by atoms with Gasteiger partial charge in [0.2, 0.25) is 23.5 Å². The van der Waals surface area contributed by atoms with Crippen molar-refractivity contribution in [1.82, 2.24) is 9.13 Å². The van der Waals surface area contributed by atoms with E-state index in [1.807, 2.05) is 91.9 Å². The number of aromatic hydroxyl groups is 4. The lowest BCUT2D eigenvalue weighted by Crippen LogP contribution is -2.60. The fourth-order valence-corrected chi connectivity index (χ4v) is 8.68. The van der Waals surface area contributed by atoms with Crippen molar-refractivity contribution in [2.75, 3.05) is 6.61 Å². The van der Waals surface area contributed by atoms with E-state index in [4.69, 9.17) is 4.74 Å². The first-order valence-electron chi connectivity index (χ1n) is 15.0. The van der Waals surface area contributed by atoms with Crippen LogP contribution in [0, 0.1) is 0 Å². The molecule has 6 aromatic rings. The molecule has 3 atom stereocenters. The van der Waals surface area contributed by atoms with Gasteiger partial charge in [-0.25, -0.2) is 4.79 Å². The number of esters is 1. The monoisotopic (exact) mass is 596 g/mol. The molecule has 8 nitrogen and oxygen atoms in total. The highest BCUT2D eigenvalue weighted by Gasteiger charge is 2.79. The average molecular weight is 597 g/mol. The second-order valence-corrected chi connectivity index (χ2v) is 12.2. The molecule has 2 heterocycles. The minimum absolute atomic E-state index is 0.147. The van der Waals surface area contributed by atoms with Crippen LogP contribution in [0.25, 0.3) is 32.9 Å². The van der Waals surface area contributed by atoms with Gasteiger partial charge in [-0.3, -0.25) is 9.13 Å². The fourth-order valence-electron chi connectivity index (χ4n) is 8.68. The number of carbonyl (C=O) groups excluding carboxylic acids is 1. The summed E-state index contributed by atoms with van der Waals surface area (Å²) in [7, 11) is 0. The molecule has 4 aromatic carbocycles. The molecule has 8 heteroatoms. The van der Waals surface area contributed by atoms with Crippen LogP contribution in [0.2, 0.25) is 0 Å². The summed E-state index contributed by atoms with van der Waals surface area (Å²) in [4.78, 5) is 13.4. The van der Waals surface area contributed by atoms with Gasteiger partial charge in [0.05, 0.1) is 18.0 Å². The molecular formula is C37H28N2O6. The molecule has 4 N–H and O–H groups in total. The van der Waals surface area contributed by atoms with E-state index in [2.05, 4.69) is 0 Å². The third-order valence-electron chi connectivity index (χ3n) is 10.5. The number of hydrogen-bond acceptors (Lipinski definition) is 6. The summed E-state index contributed by atoms with van der Waals surface area (Å²) < 4.78 is 8.30. The van der Waals surface area contributed by atoms with E-state index in [-0.39, 0.29) is 30.1 Å². The maximum absolute atomic E-state index is 13.4. The molecule has 45 heavy (non-hydrogen) atoms. The van der Waals surface area contributed by atoms with Crippen LogP contribution in [0.15, 0.2) is 96.6 Å². The Bertz CT molecular complexity index is 2330. The van der Waals surface area contributed by atoms with Crippen LogP contribution in [-0.2, 0) is 20.4 Å². The zero-order chi connectivity index (χ0) is 31.0. The standard InChI is InChI=1S/C37H28N2O6/c1-3-45-35(44)23-18-37-28(27-30(37)34(43)39(32(27)41)25-17-9-13-20-11-5-7-15-22(20)25)26-29(36(23,37)2)33(42)38(31(26)40)24-16-8-12-19-10-4-6-14-21(19)24/h4-18,28,40-43H,3H2,1-2H3. The number of ether oxygens (including phenoxy) is 1. The van der Waals surface area contributed by atoms with Crippen molar-refractivity contribution in [3.05, 3.63) is 119 Å². The number of fused-ring (bicyclic) bond motifs is 7. The van der Waals surface area contributed by atoms with Gasteiger partial charge in [0.15, 0.2) is 0 Å². The van der Waals surface area contributed by atoms with Gasteiger partial charge in [-0.1, -0.05) is 78.9 Å². The van der Waals surface area contributed by atoms with Crippen molar-refractivity contribution < 1.29 is 30.0 Å². The maximum atomic E-state index is 13.4. The zero-order valence-corrected chi connectivity index (χ0v) is 24.4. The van der Waals surface area contributed by atoms with Crippen LogP contribution in [0.1, 0.15) is 42.0 Å². The second-order valence-electron chi connectivity index (χ2n) is 12.2. The number of rotatable bonds is 4. The number of carbonyl (C=O) groups is 1. The summed E-state index contributed by atoms with van der Waals surface area (Å²) in [6.45, 7) is 3.74. The summed E-state index contributed by atoms with van der Waals surface area (Å²) in [5, 5.41) is 51.4. The number of hydrogen-bond donors (Lipinski definition) is 4. The van der Waals surface area contributed by atoms with Crippen molar-refractivity contribution in [3.8, 4) is 34.9 Å². The third-order valence-corrected chi connectivity index (χ3v) is 10.5. The van der Waals surface area contributed by atoms with Gasteiger partial charge >= 0.3 is 5.97 Å². The molecule has 0 aliphatic heterocycles. The SMILES string of the molecule is CCOC(=O)C1=CC23c4c(c(O)n(-c5cccc6ccccc56)c4O)C2c2c(c(O)n(-c4cccc5ccccc45)c2O)C13C. The van der Waals surface area contributed by atoms with Crippen LogP contribution < -0.4 is 0 Å². The largest absolute Gasteiger partial charge is 0.494 e. The smallest absolute Gasteiger partial charge is 0.334 e. The number of nitrogens with zero attached hydrogens (tertiary/aromatic N) is 2. The van der Waals surface area contributed by atoms with E-state index < -0.39 is 22.7 Å². The Hall–Kier alpha value is -5.63. The van der Waals surface area contributed by atoms with Gasteiger partial charge in [-0.15, -0.1) is 0 Å². The molecule has 0 saturated heterocycles. The number of allylic oxidation sites excluding steroid dienone is 1. The minimum Gasteiger partial charge on any atom is -0.494 e. The Balaban J connectivity index is 1.35. The summed E-state index contributed by atoms with van der Waals surface area (Å²) in [6, 6.07) is 26.7. The highest BCUT2D eigenvalue weighted by Crippen LogP contribution is 2.82. The van der Waals surface area contributed by atoms with Gasteiger partial charge < -0.3 is 25.2 Å². The van der Waals surface area contributed by atoms with Crippen LogP contribution in [0.4, 0.5) is 0 Å². The van der Waals surface area contributed by atoms with Crippen LogP contribution >= 0.6 is 0 Å². The van der Waals surface area contributed by atoms with E-state index in [0.717, 1.165) is 21.5 Å². The Morgan fingerprint density at radius 3 is 1.76 bits per heavy atom. The fraction of sp³-hybridized carbons (Fsp3) is 0.162. The number of benzene rings is 4.